The van der Waals surface area contributed by atoms with E-state index in [1.54, 1.807) is 0 Å². The Balaban J connectivity index is 1.07. The molecule has 60 heavy (non-hydrogen) atoms. The first-order chi connectivity index (χ1) is 29.5. The molecule has 9 aromatic carbocycles. The third-order valence-corrected chi connectivity index (χ3v) is 12.5. The van der Waals surface area contributed by atoms with Crippen LogP contribution >= 0.6 is 0 Å². The maximum Gasteiger partial charge on any atom is 0.227 e. The second kappa shape index (κ2) is 13.2. The van der Waals surface area contributed by atoms with Gasteiger partial charge in [-0.2, -0.15) is 0 Å². The zero-order chi connectivity index (χ0) is 40.0. The van der Waals surface area contributed by atoms with E-state index in [2.05, 4.69) is 170 Å². The van der Waals surface area contributed by atoms with Crippen molar-refractivity contribution < 1.29 is 8.83 Å². The number of aromatic nitrogens is 1. The maximum atomic E-state index is 6.79. The summed E-state index contributed by atoms with van der Waals surface area (Å²) < 4.78 is 13.1. The Morgan fingerprint density at radius 2 is 1.15 bits per heavy atom. The number of hydrogen-bond acceptors (Lipinski definition) is 4. The number of para-hydroxylation sites is 2. The number of fused-ring (bicyclic) bond motifs is 9. The third kappa shape index (κ3) is 5.20. The average Bonchev–Trinajstić information content (AvgIpc) is 3.98. The molecular formula is C56H38N2O2. The normalized spacial score (nSPS) is 13.0. The van der Waals surface area contributed by atoms with Gasteiger partial charge in [0.05, 0.1) is 5.69 Å². The van der Waals surface area contributed by atoms with Crippen molar-refractivity contribution in [2.24, 2.45) is 0 Å². The summed E-state index contributed by atoms with van der Waals surface area (Å²) in [7, 11) is 0. The van der Waals surface area contributed by atoms with Crippen molar-refractivity contribution in [2.75, 3.05) is 4.90 Å². The van der Waals surface area contributed by atoms with Crippen LogP contribution in [0.3, 0.4) is 0 Å². The fourth-order valence-electron chi connectivity index (χ4n) is 9.65. The largest absolute Gasteiger partial charge is 0.456 e. The molecule has 0 atom stereocenters. The van der Waals surface area contributed by atoms with Gasteiger partial charge in [0.15, 0.2) is 5.58 Å². The molecule has 0 unspecified atom stereocenters. The van der Waals surface area contributed by atoms with Crippen LogP contribution in [0.5, 0.6) is 0 Å². The zero-order valence-corrected chi connectivity index (χ0v) is 33.2. The van der Waals surface area contributed by atoms with Gasteiger partial charge in [0.25, 0.3) is 0 Å². The second-order valence-corrected chi connectivity index (χ2v) is 16.3. The fraction of sp³-hybridized carbons (Fsp3) is 0.0536. The van der Waals surface area contributed by atoms with Gasteiger partial charge in [0.1, 0.15) is 16.7 Å². The summed E-state index contributed by atoms with van der Waals surface area (Å²) in [6.07, 6.45) is 0. The fourth-order valence-corrected chi connectivity index (χ4v) is 9.65. The lowest BCUT2D eigenvalue weighted by Crippen LogP contribution is -2.16. The van der Waals surface area contributed by atoms with E-state index in [9.17, 15) is 0 Å². The van der Waals surface area contributed by atoms with E-state index >= 15 is 0 Å². The molecule has 4 heteroatoms. The van der Waals surface area contributed by atoms with Crippen molar-refractivity contribution in [3.05, 3.63) is 205 Å². The lowest BCUT2D eigenvalue weighted by atomic mass is 9.82. The monoisotopic (exact) mass is 770 g/mol. The number of rotatable bonds is 6. The molecule has 0 spiro atoms. The van der Waals surface area contributed by atoms with E-state index in [4.69, 9.17) is 13.8 Å². The van der Waals surface area contributed by atoms with Crippen LogP contribution in [0.15, 0.2) is 203 Å². The summed E-state index contributed by atoms with van der Waals surface area (Å²) in [5.41, 5.74) is 16.9. The molecule has 12 rings (SSSR count). The van der Waals surface area contributed by atoms with Crippen molar-refractivity contribution in [2.45, 2.75) is 19.3 Å². The van der Waals surface area contributed by atoms with Gasteiger partial charge in [-0.05, 0) is 111 Å². The molecule has 2 aromatic heterocycles. The number of benzene rings is 9. The summed E-state index contributed by atoms with van der Waals surface area (Å²) in [4.78, 5) is 7.46. The predicted octanol–water partition coefficient (Wildman–Crippen LogP) is 15.7. The Kier molecular flexibility index (Phi) is 7.54. The highest BCUT2D eigenvalue weighted by molar-refractivity contribution is 6.23. The summed E-state index contributed by atoms with van der Waals surface area (Å²) in [6.45, 7) is 4.68. The highest BCUT2D eigenvalue weighted by Crippen LogP contribution is 2.54. The zero-order valence-electron chi connectivity index (χ0n) is 33.2. The number of oxazole rings is 1. The van der Waals surface area contributed by atoms with E-state index in [1.165, 1.54) is 33.0 Å². The van der Waals surface area contributed by atoms with Crippen LogP contribution in [0.1, 0.15) is 25.0 Å². The van der Waals surface area contributed by atoms with E-state index in [-0.39, 0.29) is 5.41 Å². The first kappa shape index (κ1) is 34.4. The van der Waals surface area contributed by atoms with Crippen LogP contribution in [-0.2, 0) is 5.41 Å². The molecule has 1 aliphatic carbocycles. The summed E-state index contributed by atoms with van der Waals surface area (Å²) in [5, 5.41) is 4.56. The Labute approximate surface area is 347 Å². The number of anilines is 3. The van der Waals surface area contributed by atoms with Crippen LogP contribution in [0.2, 0.25) is 0 Å². The van der Waals surface area contributed by atoms with Crippen molar-refractivity contribution >= 4 is 60.9 Å². The van der Waals surface area contributed by atoms with Gasteiger partial charge in [-0.25, -0.2) is 4.98 Å². The van der Waals surface area contributed by atoms with Crippen molar-refractivity contribution in [3.63, 3.8) is 0 Å². The first-order valence-corrected chi connectivity index (χ1v) is 20.5. The molecule has 0 fully saturated rings. The molecule has 1 aliphatic rings. The summed E-state index contributed by atoms with van der Waals surface area (Å²) >= 11 is 0. The number of hydrogen-bond donors (Lipinski definition) is 0. The summed E-state index contributed by atoms with van der Waals surface area (Å²) in [6, 6.07) is 68.9. The molecule has 284 valence electrons. The standard InChI is InChI=1S/C56H38N2O2/c1-56(2)45-23-12-11-21-43(45)51-46(56)24-14-25-47(51)58(39-18-7-4-8-19-39)40-30-27-36(28-31-40)44-33-38(34-50-53(44)52-41-20-10-9-15-35(41)29-32-48(52)59-50)42-22-13-26-49-54(42)57-55(60-49)37-16-5-3-6-17-37/h3-34H,1-2H3. The quantitative estimate of drug-likeness (QED) is 0.169. The van der Waals surface area contributed by atoms with Crippen LogP contribution in [0, 0.1) is 0 Å². The van der Waals surface area contributed by atoms with Gasteiger partial charge in [0.2, 0.25) is 5.89 Å². The Bertz CT molecular complexity index is 3450. The van der Waals surface area contributed by atoms with Gasteiger partial charge in [-0.3, -0.25) is 0 Å². The smallest absolute Gasteiger partial charge is 0.227 e. The lowest BCUT2D eigenvalue weighted by molar-refractivity contribution is 0.620. The minimum absolute atomic E-state index is 0.110. The minimum atomic E-state index is -0.110. The number of nitrogens with zero attached hydrogens (tertiary/aromatic N) is 2. The molecule has 0 saturated carbocycles. The molecule has 11 aromatic rings. The first-order valence-electron chi connectivity index (χ1n) is 20.5. The molecule has 0 bridgehead atoms. The van der Waals surface area contributed by atoms with Crippen LogP contribution < -0.4 is 4.90 Å². The van der Waals surface area contributed by atoms with Gasteiger partial charge in [0, 0.05) is 44.3 Å². The Morgan fingerprint density at radius 1 is 0.450 bits per heavy atom. The van der Waals surface area contributed by atoms with Gasteiger partial charge >= 0.3 is 0 Å². The minimum Gasteiger partial charge on any atom is -0.456 e. The SMILES string of the molecule is CC1(C)c2ccccc2-c2c(N(c3ccccc3)c3ccc(-c4cc(-c5cccc6oc(-c7ccccc7)nc56)cc5oc6ccc7ccccc7c6c45)cc3)cccc21. The van der Waals surface area contributed by atoms with E-state index in [0.29, 0.717) is 5.89 Å². The lowest BCUT2D eigenvalue weighted by Gasteiger charge is -2.29. The van der Waals surface area contributed by atoms with Crippen LogP contribution in [0.25, 0.3) is 88.6 Å². The molecule has 0 amide bonds. The molecule has 0 saturated heterocycles. The highest BCUT2D eigenvalue weighted by Gasteiger charge is 2.37. The molecule has 0 aliphatic heterocycles. The van der Waals surface area contributed by atoms with Gasteiger partial charge in [-0.1, -0.05) is 141 Å². The maximum absolute atomic E-state index is 6.79. The van der Waals surface area contributed by atoms with Crippen molar-refractivity contribution in [1.82, 2.24) is 4.98 Å². The molecule has 4 nitrogen and oxygen atoms in total. The van der Waals surface area contributed by atoms with Gasteiger partial charge in [-0.15, -0.1) is 0 Å². The van der Waals surface area contributed by atoms with Crippen molar-refractivity contribution in [1.29, 1.82) is 0 Å². The number of furan rings is 1. The molecule has 0 radical (unpaired) electrons. The molecular weight excluding hydrogens is 733 g/mol. The van der Waals surface area contributed by atoms with Crippen molar-refractivity contribution in [3.8, 4) is 44.8 Å². The van der Waals surface area contributed by atoms with E-state index < -0.39 is 0 Å². The predicted molar refractivity (Wildman–Crippen MR) is 247 cm³/mol. The Morgan fingerprint density at radius 3 is 2.00 bits per heavy atom. The Hall–Kier alpha value is -7.69. The van der Waals surface area contributed by atoms with Gasteiger partial charge < -0.3 is 13.7 Å². The average molecular weight is 771 g/mol. The topological polar surface area (TPSA) is 42.4 Å². The summed E-state index contributed by atoms with van der Waals surface area (Å²) in [5.74, 6) is 0.601. The molecule has 0 N–H and O–H groups in total. The second-order valence-electron chi connectivity index (χ2n) is 16.3. The van der Waals surface area contributed by atoms with Crippen LogP contribution in [0.4, 0.5) is 17.1 Å². The third-order valence-electron chi connectivity index (χ3n) is 12.5. The molecule has 2 heterocycles. The highest BCUT2D eigenvalue weighted by atomic mass is 16.3. The van der Waals surface area contributed by atoms with E-state index in [1.807, 2.05) is 42.5 Å². The van der Waals surface area contributed by atoms with E-state index in [0.717, 1.165) is 77.9 Å². The van der Waals surface area contributed by atoms with Crippen LogP contribution in [-0.4, -0.2) is 4.98 Å².